The van der Waals surface area contributed by atoms with Crippen LogP contribution in [0.3, 0.4) is 0 Å². The third-order valence-corrected chi connectivity index (χ3v) is 13.0. The normalized spacial score (nSPS) is 37.3. The van der Waals surface area contributed by atoms with E-state index in [1.165, 1.54) is 63.4 Å². The SMILES string of the molecule is CC(C)CCC[C@H](C)[C@H]1CC[C@H]2[C@@H]3CC=C4C[C@@H](OC(=O)[C@@H](I)Cc5ccccc5)CC[C@]4(C)[C@H]3CC[C@]12C. The molecule has 39 heavy (non-hydrogen) atoms. The quantitative estimate of drug-likeness (QED) is 0.116. The first-order valence-electron chi connectivity index (χ1n) is 16.2. The summed E-state index contributed by atoms with van der Waals surface area (Å²) in [5, 5.41) is 0. The molecule has 0 saturated heterocycles. The van der Waals surface area contributed by atoms with E-state index in [0.717, 1.165) is 54.8 Å². The fourth-order valence-corrected chi connectivity index (χ4v) is 10.6. The average molecular weight is 645 g/mol. The molecule has 0 heterocycles. The van der Waals surface area contributed by atoms with E-state index in [-0.39, 0.29) is 16.0 Å². The Morgan fingerprint density at radius 3 is 2.51 bits per heavy atom. The van der Waals surface area contributed by atoms with Crippen molar-refractivity contribution < 1.29 is 9.53 Å². The third kappa shape index (κ3) is 6.05. The van der Waals surface area contributed by atoms with Gasteiger partial charge in [0.25, 0.3) is 0 Å². The second-order valence-corrected chi connectivity index (χ2v) is 16.3. The van der Waals surface area contributed by atoms with E-state index in [0.29, 0.717) is 10.8 Å². The van der Waals surface area contributed by atoms with Gasteiger partial charge in [-0.1, -0.05) is 118 Å². The van der Waals surface area contributed by atoms with E-state index in [1.54, 1.807) is 5.57 Å². The molecule has 0 bridgehead atoms. The second-order valence-electron chi connectivity index (χ2n) is 14.7. The molecular weight excluding hydrogens is 591 g/mol. The maximum atomic E-state index is 13.0. The van der Waals surface area contributed by atoms with Crippen LogP contribution in [0.1, 0.15) is 111 Å². The summed E-state index contributed by atoms with van der Waals surface area (Å²) >= 11 is 2.27. The lowest BCUT2D eigenvalue weighted by Crippen LogP contribution is -2.51. The average Bonchev–Trinajstić information content (AvgIpc) is 3.26. The Morgan fingerprint density at radius 2 is 1.77 bits per heavy atom. The number of fused-ring (bicyclic) bond motifs is 5. The number of alkyl halides is 1. The number of carbonyl (C=O) groups excluding carboxylic acids is 1. The highest BCUT2D eigenvalue weighted by molar-refractivity contribution is 14.1. The molecule has 0 amide bonds. The molecule has 4 aliphatic rings. The summed E-state index contributed by atoms with van der Waals surface area (Å²) in [5.74, 6) is 5.16. The van der Waals surface area contributed by atoms with E-state index in [9.17, 15) is 4.79 Å². The molecule has 3 fully saturated rings. The Morgan fingerprint density at radius 1 is 1.00 bits per heavy atom. The molecule has 0 radical (unpaired) electrons. The number of esters is 1. The lowest BCUT2D eigenvalue weighted by Gasteiger charge is -2.58. The number of carbonyl (C=O) groups is 1. The van der Waals surface area contributed by atoms with Crippen molar-refractivity contribution >= 4 is 28.6 Å². The molecule has 1 aromatic rings. The van der Waals surface area contributed by atoms with Crippen LogP contribution in [0.2, 0.25) is 0 Å². The fraction of sp³-hybridized carbons (Fsp3) is 0.750. The van der Waals surface area contributed by atoms with Gasteiger partial charge in [-0.2, -0.15) is 0 Å². The zero-order valence-electron chi connectivity index (χ0n) is 25.3. The minimum Gasteiger partial charge on any atom is -0.461 e. The number of hydrogen-bond acceptors (Lipinski definition) is 2. The first-order chi connectivity index (χ1) is 18.6. The van der Waals surface area contributed by atoms with Crippen molar-refractivity contribution in [1.29, 1.82) is 0 Å². The summed E-state index contributed by atoms with van der Waals surface area (Å²) < 4.78 is 6.02. The maximum absolute atomic E-state index is 13.0. The van der Waals surface area contributed by atoms with Crippen LogP contribution < -0.4 is 0 Å². The minimum atomic E-state index is -0.123. The van der Waals surface area contributed by atoms with Crippen molar-refractivity contribution in [3.05, 3.63) is 47.5 Å². The number of benzene rings is 1. The summed E-state index contributed by atoms with van der Waals surface area (Å²) in [4.78, 5) is 13.0. The van der Waals surface area contributed by atoms with E-state index < -0.39 is 0 Å². The van der Waals surface area contributed by atoms with Gasteiger partial charge in [0.15, 0.2) is 0 Å². The van der Waals surface area contributed by atoms with Gasteiger partial charge in [0.1, 0.15) is 10.0 Å². The summed E-state index contributed by atoms with van der Waals surface area (Å²) in [7, 11) is 0. The molecule has 2 nitrogen and oxygen atoms in total. The highest BCUT2D eigenvalue weighted by Crippen LogP contribution is 2.67. The van der Waals surface area contributed by atoms with Crippen LogP contribution in [-0.4, -0.2) is 16.0 Å². The molecule has 4 aliphatic carbocycles. The van der Waals surface area contributed by atoms with Crippen LogP contribution in [0.5, 0.6) is 0 Å². The van der Waals surface area contributed by atoms with Crippen LogP contribution in [0.25, 0.3) is 0 Å². The van der Waals surface area contributed by atoms with Gasteiger partial charge in [-0.05, 0) is 103 Å². The molecule has 5 rings (SSSR count). The van der Waals surface area contributed by atoms with Gasteiger partial charge in [-0.25, -0.2) is 0 Å². The Kier molecular flexibility index (Phi) is 9.26. The molecule has 0 N–H and O–H groups in total. The van der Waals surface area contributed by atoms with Gasteiger partial charge < -0.3 is 4.74 Å². The molecule has 9 atom stereocenters. The molecular formula is C36H53IO2. The van der Waals surface area contributed by atoms with Crippen LogP contribution in [-0.2, 0) is 16.0 Å². The van der Waals surface area contributed by atoms with Crippen molar-refractivity contribution in [1.82, 2.24) is 0 Å². The Bertz CT molecular complexity index is 1020. The van der Waals surface area contributed by atoms with E-state index in [1.807, 2.05) is 18.2 Å². The topological polar surface area (TPSA) is 26.3 Å². The molecule has 3 heteroatoms. The smallest absolute Gasteiger partial charge is 0.319 e. The monoisotopic (exact) mass is 644 g/mol. The number of rotatable bonds is 9. The van der Waals surface area contributed by atoms with Crippen LogP contribution in [0.15, 0.2) is 42.0 Å². The first-order valence-corrected chi connectivity index (χ1v) is 17.4. The van der Waals surface area contributed by atoms with Crippen LogP contribution >= 0.6 is 22.6 Å². The number of halogens is 1. The summed E-state index contributed by atoms with van der Waals surface area (Å²) in [6, 6.07) is 10.3. The number of ether oxygens (including phenoxy) is 1. The summed E-state index contributed by atoms with van der Waals surface area (Å²) in [5.41, 5.74) is 3.67. The first kappa shape index (κ1) is 29.6. The Balaban J connectivity index is 1.21. The van der Waals surface area contributed by atoms with Gasteiger partial charge in [0.2, 0.25) is 0 Å². The molecule has 0 aromatic heterocycles. The van der Waals surface area contributed by atoms with Gasteiger partial charge in [-0.15, -0.1) is 0 Å². The predicted molar refractivity (Wildman–Crippen MR) is 171 cm³/mol. The van der Waals surface area contributed by atoms with E-state index in [4.69, 9.17) is 4.74 Å². The van der Waals surface area contributed by atoms with Crippen molar-refractivity contribution in [3.63, 3.8) is 0 Å². The van der Waals surface area contributed by atoms with Crippen LogP contribution in [0.4, 0.5) is 0 Å². The molecule has 0 spiro atoms. The zero-order valence-corrected chi connectivity index (χ0v) is 27.4. The standard InChI is InChI=1S/C36H53IO2/c1-24(2)10-9-11-25(3)30-16-17-31-29-15-14-27-23-28(18-20-35(27,4)32(29)19-21-36(30,31)5)39-34(38)33(37)22-26-12-7-6-8-13-26/h6-8,12-14,24-25,28-33H,9-11,15-23H2,1-5H3/t25-,28-,29-,30+,31-,32-,33-,35-,36+/m0/s1. The van der Waals surface area contributed by atoms with Crippen molar-refractivity contribution in [2.75, 3.05) is 0 Å². The Labute approximate surface area is 252 Å². The van der Waals surface area contributed by atoms with Gasteiger partial charge in [-0.3, -0.25) is 4.79 Å². The molecule has 0 unspecified atom stereocenters. The maximum Gasteiger partial charge on any atom is 0.319 e. The highest BCUT2D eigenvalue weighted by atomic mass is 127. The van der Waals surface area contributed by atoms with Crippen molar-refractivity contribution in [2.24, 2.45) is 46.3 Å². The second kappa shape index (κ2) is 12.2. The third-order valence-electron chi connectivity index (χ3n) is 12.1. The lowest BCUT2D eigenvalue weighted by molar-refractivity contribution is -0.150. The fourth-order valence-electron chi connectivity index (χ4n) is 9.90. The summed E-state index contributed by atoms with van der Waals surface area (Å²) in [6.45, 7) is 12.6. The largest absolute Gasteiger partial charge is 0.461 e. The van der Waals surface area contributed by atoms with E-state index >= 15 is 0 Å². The minimum absolute atomic E-state index is 0.0321. The van der Waals surface area contributed by atoms with Crippen LogP contribution in [0, 0.1) is 46.3 Å². The molecule has 3 saturated carbocycles. The van der Waals surface area contributed by atoms with Gasteiger partial charge in [0, 0.05) is 6.42 Å². The lowest BCUT2D eigenvalue weighted by atomic mass is 9.47. The molecule has 1 aromatic carbocycles. The molecule has 216 valence electrons. The zero-order chi connectivity index (χ0) is 27.8. The summed E-state index contributed by atoms with van der Waals surface area (Å²) in [6.07, 6.45) is 17.8. The van der Waals surface area contributed by atoms with Gasteiger partial charge in [0.05, 0.1) is 0 Å². The van der Waals surface area contributed by atoms with E-state index in [2.05, 4.69) is 75.4 Å². The number of hydrogen-bond donors (Lipinski definition) is 0. The Hall–Kier alpha value is -0.840. The highest BCUT2D eigenvalue weighted by Gasteiger charge is 2.59. The predicted octanol–water partition coefficient (Wildman–Crippen LogP) is 9.99. The van der Waals surface area contributed by atoms with Gasteiger partial charge >= 0.3 is 5.97 Å². The molecule has 0 aliphatic heterocycles. The van der Waals surface area contributed by atoms with Crippen molar-refractivity contribution in [3.8, 4) is 0 Å². The number of allylic oxidation sites excluding steroid dienone is 1. The van der Waals surface area contributed by atoms with Crippen molar-refractivity contribution in [2.45, 2.75) is 122 Å².